The highest BCUT2D eigenvalue weighted by molar-refractivity contribution is 5.76. The normalized spacial score (nSPS) is 34.2. The Labute approximate surface area is 389 Å². The quantitative estimate of drug-likeness (QED) is 0.0331. The van der Waals surface area contributed by atoms with Gasteiger partial charge >= 0.3 is 0 Å². The maximum absolute atomic E-state index is 13.1. The van der Waals surface area contributed by atoms with Gasteiger partial charge < -0.3 is 89.9 Å². The zero-order chi connectivity index (χ0) is 48.4. The molecule has 382 valence electrons. The van der Waals surface area contributed by atoms with Crippen molar-refractivity contribution in [2.45, 2.75) is 214 Å². The molecule has 3 saturated heterocycles. The van der Waals surface area contributed by atoms with Gasteiger partial charge in [-0.3, -0.25) is 4.79 Å². The molecule has 3 fully saturated rings. The molecule has 1 amide bonds. The molecular weight excluding hydrogens is 867 g/mol. The number of allylic oxidation sites excluding steroid dienone is 7. The largest absolute Gasteiger partial charge is 0.394 e. The highest BCUT2D eigenvalue weighted by Gasteiger charge is 2.53. The molecule has 3 aliphatic heterocycles. The highest BCUT2D eigenvalue weighted by atomic mass is 16.8. The van der Waals surface area contributed by atoms with Crippen LogP contribution in [0.25, 0.3) is 0 Å². The number of carbonyl (C=O) groups excluding carboxylic acids is 1. The number of ether oxygens (including phenoxy) is 6. The molecule has 19 nitrogen and oxygen atoms in total. The van der Waals surface area contributed by atoms with Gasteiger partial charge in [0.25, 0.3) is 0 Å². The van der Waals surface area contributed by atoms with Gasteiger partial charge in [-0.1, -0.05) is 94.6 Å². The molecule has 17 atom stereocenters. The zero-order valence-electron chi connectivity index (χ0n) is 38.6. The molecule has 0 aliphatic carbocycles. The van der Waals surface area contributed by atoms with E-state index in [9.17, 15) is 61.0 Å². The molecule has 0 aromatic heterocycles. The van der Waals surface area contributed by atoms with Crippen molar-refractivity contribution >= 4 is 5.91 Å². The first-order chi connectivity index (χ1) is 31.8. The SMILES string of the molecule is CC/C=C/CC/C=C/CC/C=C/C(O)C(COC1OC(CO)C(OC2OC(CO)C(OC3OC(CO)C(O)C(O)C3O)C(O)C2O)C(O)C1O)NC(=O)CCCCCCC/C=C\CCCC. The van der Waals surface area contributed by atoms with Crippen LogP contribution in [-0.2, 0) is 33.2 Å². The van der Waals surface area contributed by atoms with Crippen LogP contribution < -0.4 is 5.32 Å². The van der Waals surface area contributed by atoms with Gasteiger partial charge in [-0.25, -0.2) is 0 Å². The Morgan fingerprint density at radius 1 is 0.545 bits per heavy atom. The predicted molar refractivity (Wildman–Crippen MR) is 240 cm³/mol. The average molecular weight is 948 g/mol. The van der Waals surface area contributed by atoms with E-state index in [2.05, 4.69) is 55.6 Å². The van der Waals surface area contributed by atoms with Crippen molar-refractivity contribution in [3.63, 3.8) is 0 Å². The standard InChI is InChI=1S/C47H81NO18/c1-3-5-7-9-11-13-15-17-19-21-23-25-35(53)48-30(31(52)24-22-20-18-16-14-12-10-8-6-4-2)29-61-45-41(59)38(56)43(33(27-50)63-45)66-47-42(60)39(57)44(34(28-51)64-47)65-46-40(58)37(55)36(54)32(26-49)62-46/h6,8-9,11,14,16,22,24,30-34,36-47,49-52,54-60H,3-5,7,10,12-13,15,17-21,23,25-29H2,1-2H3,(H,48,53)/b8-6+,11-9-,16-14+,24-22+. The lowest BCUT2D eigenvalue weighted by Gasteiger charge is -2.48. The van der Waals surface area contributed by atoms with Crippen LogP contribution in [0.2, 0.25) is 0 Å². The number of hydrogen-bond donors (Lipinski definition) is 12. The Hall–Kier alpha value is -2.25. The fraction of sp³-hybridized carbons (Fsp3) is 0.809. The summed E-state index contributed by atoms with van der Waals surface area (Å²) < 4.78 is 34.0. The summed E-state index contributed by atoms with van der Waals surface area (Å²) in [5.41, 5.74) is 0. The summed E-state index contributed by atoms with van der Waals surface area (Å²) in [6.07, 6.45) is 2.97. The topological polar surface area (TPSA) is 307 Å². The molecule has 3 rings (SSSR count). The maximum Gasteiger partial charge on any atom is 0.220 e. The molecule has 0 aromatic carbocycles. The Morgan fingerprint density at radius 2 is 1.02 bits per heavy atom. The van der Waals surface area contributed by atoms with Crippen molar-refractivity contribution in [3.05, 3.63) is 48.6 Å². The summed E-state index contributed by atoms with van der Waals surface area (Å²) >= 11 is 0. The lowest BCUT2D eigenvalue weighted by molar-refractivity contribution is -0.379. The van der Waals surface area contributed by atoms with Gasteiger partial charge in [0.15, 0.2) is 18.9 Å². The minimum atomic E-state index is -1.98. The molecule has 19 heteroatoms. The third-order valence-electron chi connectivity index (χ3n) is 11.8. The Kier molecular flexibility index (Phi) is 28.6. The molecule has 3 heterocycles. The van der Waals surface area contributed by atoms with Crippen LogP contribution in [0.3, 0.4) is 0 Å². The summed E-state index contributed by atoms with van der Waals surface area (Å²) in [6, 6.07) is -0.996. The summed E-state index contributed by atoms with van der Waals surface area (Å²) in [4.78, 5) is 13.1. The lowest BCUT2D eigenvalue weighted by Crippen LogP contribution is -2.66. The molecule has 0 saturated carbocycles. The number of carbonyl (C=O) groups is 1. The molecule has 17 unspecified atom stereocenters. The molecule has 0 spiro atoms. The smallest absolute Gasteiger partial charge is 0.220 e. The summed E-state index contributed by atoms with van der Waals surface area (Å²) in [5, 5.41) is 119. The molecule has 3 aliphatic rings. The molecule has 0 aromatic rings. The zero-order valence-corrected chi connectivity index (χ0v) is 38.6. The van der Waals surface area contributed by atoms with Gasteiger partial charge in [0.05, 0.1) is 38.6 Å². The van der Waals surface area contributed by atoms with Crippen molar-refractivity contribution in [2.75, 3.05) is 26.4 Å². The monoisotopic (exact) mass is 948 g/mol. The van der Waals surface area contributed by atoms with E-state index < -0.39 is 124 Å². The highest BCUT2D eigenvalue weighted by Crippen LogP contribution is 2.33. The number of unbranched alkanes of at least 4 members (excludes halogenated alkanes) is 9. The lowest BCUT2D eigenvalue weighted by atomic mass is 9.96. The second kappa shape index (κ2) is 32.5. The van der Waals surface area contributed by atoms with Gasteiger partial charge in [-0.15, -0.1) is 0 Å². The Bertz CT molecular complexity index is 1410. The first-order valence-corrected chi connectivity index (χ1v) is 23.9. The summed E-state index contributed by atoms with van der Waals surface area (Å²) in [5.74, 6) is -0.308. The van der Waals surface area contributed by atoms with Gasteiger partial charge in [0.2, 0.25) is 5.91 Å². The number of hydrogen-bond acceptors (Lipinski definition) is 18. The number of rotatable bonds is 31. The van der Waals surface area contributed by atoms with Crippen molar-refractivity contribution in [1.29, 1.82) is 0 Å². The Morgan fingerprint density at radius 3 is 1.59 bits per heavy atom. The third kappa shape index (κ3) is 18.9. The van der Waals surface area contributed by atoms with Crippen molar-refractivity contribution < 1.29 is 89.4 Å². The van der Waals surface area contributed by atoms with Gasteiger partial charge in [0.1, 0.15) is 73.2 Å². The van der Waals surface area contributed by atoms with E-state index in [0.717, 1.165) is 64.2 Å². The second-order valence-electron chi connectivity index (χ2n) is 17.2. The number of aliphatic hydroxyl groups is 11. The van der Waals surface area contributed by atoms with Gasteiger partial charge in [-0.2, -0.15) is 0 Å². The fourth-order valence-corrected chi connectivity index (χ4v) is 7.79. The van der Waals surface area contributed by atoms with E-state index in [-0.39, 0.29) is 18.9 Å². The minimum absolute atomic E-state index is 0.219. The first kappa shape index (κ1) is 58.1. The van der Waals surface area contributed by atoms with E-state index in [1.807, 2.05) is 0 Å². The van der Waals surface area contributed by atoms with Crippen LogP contribution in [0.5, 0.6) is 0 Å². The predicted octanol–water partition coefficient (Wildman–Crippen LogP) is 0.413. The van der Waals surface area contributed by atoms with Gasteiger partial charge in [0, 0.05) is 6.42 Å². The third-order valence-corrected chi connectivity index (χ3v) is 11.8. The van der Waals surface area contributed by atoms with Crippen LogP contribution in [-0.4, -0.2) is 193 Å². The second-order valence-corrected chi connectivity index (χ2v) is 17.2. The van der Waals surface area contributed by atoms with Gasteiger partial charge in [-0.05, 0) is 57.8 Å². The van der Waals surface area contributed by atoms with Crippen molar-refractivity contribution in [3.8, 4) is 0 Å². The molecule has 0 bridgehead atoms. The van der Waals surface area contributed by atoms with Crippen molar-refractivity contribution in [2.24, 2.45) is 0 Å². The van der Waals surface area contributed by atoms with Crippen LogP contribution in [0.4, 0.5) is 0 Å². The number of aliphatic hydroxyl groups excluding tert-OH is 11. The van der Waals surface area contributed by atoms with E-state index in [4.69, 9.17) is 28.4 Å². The van der Waals surface area contributed by atoms with Crippen LogP contribution in [0, 0.1) is 0 Å². The first-order valence-electron chi connectivity index (χ1n) is 23.9. The molecule has 12 N–H and O–H groups in total. The molecule has 66 heavy (non-hydrogen) atoms. The fourth-order valence-electron chi connectivity index (χ4n) is 7.79. The molecular formula is C47H81NO18. The van der Waals surface area contributed by atoms with Crippen LogP contribution in [0.1, 0.15) is 110 Å². The van der Waals surface area contributed by atoms with Crippen LogP contribution in [0.15, 0.2) is 48.6 Å². The minimum Gasteiger partial charge on any atom is -0.394 e. The average Bonchev–Trinajstić information content (AvgIpc) is 3.31. The van der Waals surface area contributed by atoms with E-state index in [0.29, 0.717) is 12.8 Å². The summed E-state index contributed by atoms with van der Waals surface area (Å²) in [6.45, 7) is 1.45. The van der Waals surface area contributed by atoms with E-state index in [1.54, 1.807) is 12.2 Å². The summed E-state index contributed by atoms with van der Waals surface area (Å²) in [7, 11) is 0. The van der Waals surface area contributed by atoms with Crippen LogP contribution >= 0.6 is 0 Å². The number of nitrogens with one attached hydrogen (secondary N) is 1. The molecule has 0 radical (unpaired) electrons. The van der Waals surface area contributed by atoms with Crippen molar-refractivity contribution in [1.82, 2.24) is 5.32 Å². The van der Waals surface area contributed by atoms with E-state index in [1.165, 1.54) is 12.8 Å². The number of amides is 1. The maximum atomic E-state index is 13.1. The van der Waals surface area contributed by atoms with E-state index >= 15 is 0 Å². The Balaban J connectivity index is 1.61.